The van der Waals surface area contributed by atoms with Gasteiger partial charge in [-0.3, -0.25) is 9.20 Å². The van der Waals surface area contributed by atoms with E-state index in [1.54, 1.807) is 10.5 Å². The van der Waals surface area contributed by atoms with Crippen LogP contribution in [0.3, 0.4) is 0 Å². The van der Waals surface area contributed by atoms with Crippen LogP contribution in [-0.4, -0.2) is 15.9 Å². The Morgan fingerprint density at radius 2 is 2.14 bits per heavy atom. The van der Waals surface area contributed by atoms with Gasteiger partial charge in [-0.2, -0.15) is 0 Å². The number of fused-ring (bicyclic) bond motifs is 1. The van der Waals surface area contributed by atoms with Crippen molar-refractivity contribution >= 4 is 16.3 Å². The first-order chi connectivity index (χ1) is 10.3. The summed E-state index contributed by atoms with van der Waals surface area (Å²) in [7, 11) is 0. The molecule has 3 aromatic rings. The summed E-state index contributed by atoms with van der Waals surface area (Å²) in [6, 6.07) is 11.5. The van der Waals surface area contributed by atoms with Gasteiger partial charge in [0.25, 0.3) is 5.56 Å². The van der Waals surface area contributed by atoms with Gasteiger partial charge >= 0.3 is 0 Å². The van der Waals surface area contributed by atoms with Gasteiger partial charge in [0.05, 0.1) is 12.2 Å². The SMILES string of the molecule is C=CC[NH2+]Cc1cc(=O)n2c(-c3ccccc3)csc2n1. The molecular weight excluding hydrogens is 282 g/mol. The molecule has 2 heterocycles. The summed E-state index contributed by atoms with van der Waals surface area (Å²) in [5.41, 5.74) is 2.71. The van der Waals surface area contributed by atoms with E-state index >= 15 is 0 Å². The summed E-state index contributed by atoms with van der Waals surface area (Å²) >= 11 is 1.49. The van der Waals surface area contributed by atoms with E-state index in [9.17, 15) is 4.79 Å². The molecule has 0 unspecified atom stereocenters. The minimum Gasteiger partial charge on any atom is -0.338 e. The van der Waals surface area contributed by atoms with E-state index in [1.807, 2.05) is 41.8 Å². The summed E-state index contributed by atoms with van der Waals surface area (Å²) in [5.74, 6) is 0. The molecule has 0 fully saturated rings. The second kappa shape index (κ2) is 6.03. The van der Waals surface area contributed by atoms with Gasteiger partial charge < -0.3 is 5.32 Å². The van der Waals surface area contributed by atoms with Gasteiger partial charge in [-0.25, -0.2) is 4.98 Å². The number of benzene rings is 1. The number of aromatic nitrogens is 2. The maximum atomic E-state index is 12.4. The van der Waals surface area contributed by atoms with Crippen LogP contribution < -0.4 is 10.9 Å². The third-order valence-corrected chi connectivity index (χ3v) is 4.04. The van der Waals surface area contributed by atoms with Crippen LogP contribution in [0.1, 0.15) is 5.69 Å². The number of quaternary nitrogens is 1. The normalized spacial score (nSPS) is 10.9. The molecule has 0 aliphatic heterocycles. The van der Waals surface area contributed by atoms with Crippen molar-refractivity contribution in [2.45, 2.75) is 6.54 Å². The third-order valence-electron chi connectivity index (χ3n) is 3.21. The lowest BCUT2D eigenvalue weighted by Gasteiger charge is -2.03. The summed E-state index contributed by atoms with van der Waals surface area (Å²) in [6.07, 6.45) is 1.84. The summed E-state index contributed by atoms with van der Waals surface area (Å²) in [5, 5.41) is 4.05. The number of rotatable bonds is 5. The van der Waals surface area contributed by atoms with E-state index in [0.717, 1.165) is 28.5 Å². The zero-order chi connectivity index (χ0) is 14.7. The molecule has 21 heavy (non-hydrogen) atoms. The molecule has 106 valence electrons. The fourth-order valence-electron chi connectivity index (χ4n) is 2.23. The average Bonchev–Trinajstić information content (AvgIpc) is 2.93. The molecule has 0 bridgehead atoms. The first-order valence-corrected chi connectivity index (χ1v) is 7.65. The lowest BCUT2D eigenvalue weighted by atomic mass is 10.2. The molecular formula is C16H16N3OS+. The first kappa shape index (κ1) is 13.7. The standard InChI is InChI=1S/C16H15N3OS/c1-2-8-17-10-13-9-15(20)19-14(11-21-16(19)18-13)12-6-4-3-5-7-12/h2-7,9,11,17H,1,8,10H2/p+1. The minimum absolute atomic E-state index is 0.0258. The topological polar surface area (TPSA) is 51.0 Å². The quantitative estimate of drug-likeness (QED) is 0.575. The predicted molar refractivity (Wildman–Crippen MR) is 85.5 cm³/mol. The highest BCUT2D eigenvalue weighted by molar-refractivity contribution is 7.15. The van der Waals surface area contributed by atoms with E-state index in [0.29, 0.717) is 6.54 Å². The van der Waals surface area contributed by atoms with E-state index in [-0.39, 0.29) is 5.56 Å². The zero-order valence-corrected chi connectivity index (χ0v) is 12.3. The molecule has 0 aliphatic carbocycles. The van der Waals surface area contributed by atoms with Gasteiger partial charge in [-0.15, -0.1) is 11.3 Å². The number of hydrogen-bond donors (Lipinski definition) is 1. The Morgan fingerprint density at radius 1 is 1.33 bits per heavy atom. The largest absolute Gasteiger partial charge is 0.338 e. The van der Waals surface area contributed by atoms with Crippen LogP contribution in [0, 0.1) is 0 Å². The van der Waals surface area contributed by atoms with Crippen LogP contribution in [0.4, 0.5) is 0 Å². The number of nitrogens with zero attached hydrogens (tertiary/aromatic N) is 2. The predicted octanol–water partition coefficient (Wildman–Crippen LogP) is 1.67. The summed E-state index contributed by atoms with van der Waals surface area (Å²) < 4.78 is 1.68. The van der Waals surface area contributed by atoms with Crippen molar-refractivity contribution in [2.75, 3.05) is 6.54 Å². The molecule has 0 spiro atoms. The van der Waals surface area contributed by atoms with Crippen molar-refractivity contribution in [3.63, 3.8) is 0 Å². The van der Waals surface area contributed by atoms with Crippen molar-refractivity contribution in [3.8, 4) is 11.3 Å². The first-order valence-electron chi connectivity index (χ1n) is 6.78. The number of hydrogen-bond acceptors (Lipinski definition) is 3. The molecule has 0 atom stereocenters. The van der Waals surface area contributed by atoms with Crippen LogP contribution in [0.5, 0.6) is 0 Å². The summed E-state index contributed by atoms with van der Waals surface area (Å²) in [6.45, 7) is 5.19. The maximum Gasteiger partial charge on any atom is 0.259 e. The Bertz CT molecular complexity index is 820. The van der Waals surface area contributed by atoms with Crippen LogP contribution in [0.25, 0.3) is 16.2 Å². The Hall–Kier alpha value is -2.24. The highest BCUT2D eigenvalue weighted by Crippen LogP contribution is 2.23. The number of nitrogens with two attached hydrogens (primary N) is 1. The molecule has 0 saturated carbocycles. The van der Waals surface area contributed by atoms with E-state index < -0.39 is 0 Å². The highest BCUT2D eigenvalue weighted by atomic mass is 32.1. The molecule has 0 amide bonds. The van der Waals surface area contributed by atoms with Gasteiger partial charge in [0, 0.05) is 11.4 Å². The Labute approximate surface area is 126 Å². The highest BCUT2D eigenvalue weighted by Gasteiger charge is 2.10. The van der Waals surface area contributed by atoms with Gasteiger partial charge in [-0.05, 0) is 11.6 Å². The van der Waals surface area contributed by atoms with Gasteiger partial charge in [0.2, 0.25) is 0 Å². The lowest BCUT2D eigenvalue weighted by molar-refractivity contribution is -0.662. The molecule has 0 aliphatic rings. The molecule has 0 saturated heterocycles. The minimum atomic E-state index is -0.0258. The van der Waals surface area contributed by atoms with E-state index in [2.05, 4.69) is 16.9 Å². The molecule has 4 nitrogen and oxygen atoms in total. The van der Waals surface area contributed by atoms with Crippen molar-refractivity contribution in [3.05, 3.63) is 70.5 Å². The second-order valence-corrected chi connectivity index (χ2v) is 5.54. The van der Waals surface area contributed by atoms with Crippen LogP contribution in [0.15, 0.2) is 59.2 Å². The summed E-state index contributed by atoms with van der Waals surface area (Å²) in [4.78, 5) is 17.7. The van der Waals surface area contributed by atoms with E-state index in [4.69, 9.17) is 0 Å². The van der Waals surface area contributed by atoms with Crippen molar-refractivity contribution in [2.24, 2.45) is 0 Å². The average molecular weight is 298 g/mol. The molecule has 5 heteroatoms. The van der Waals surface area contributed by atoms with Crippen molar-refractivity contribution in [1.29, 1.82) is 0 Å². The zero-order valence-electron chi connectivity index (χ0n) is 11.5. The van der Waals surface area contributed by atoms with E-state index in [1.165, 1.54) is 11.3 Å². The maximum absolute atomic E-state index is 12.4. The van der Waals surface area contributed by atoms with Crippen LogP contribution in [-0.2, 0) is 6.54 Å². The van der Waals surface area contributed by atoms with Gasteiger partial charge in [0.15, 0.2) is 4.96 Å². The fraction of sp³-hybridized carbons (Fsp3) is 0.125. The molecule has 1 aromatic carbocycles. The molecule has 3 rings (SSSR count). The second-order valence-electron chi connectivity index (χ2n) is 4.71. The monoisotopic (exact) mass is 298 g/mol. The third kappa shape index (κ3) is 2.79. The van der Waals surface area contributed by atoms with Crippen molar-refractivity contribution in [1.82, 2.24) is 9.38 Å². The Morgan fingerprint density at radius 3 is 2.90 bits per heavy atom. The van der Waals surface area contributed by atoms with Gasteiger partial charge in [0.1, 0.15) is 12.2 Å². The lowest BCUT2D eigenvalue weighted by Crippen LogP contribution is -2.82. The molecule has 0 radical (unpaired) electrons. The van der Waals surface area contributed by atoms with Gasteiger partial charge in [-0.1, -0.05) is 36.9 Å². The number of thiazole rings is 1. The smallest absolute Gasteiger partial charge is 0.259 e. The van der Waals surface area contributed by atoms with Crippen molar-refractivity contribution < 1.29 is 5.32 Å². The Balaban J connectivity index is 2.03. The molecule has 2 N–H and O–H groups in total. The Kier molecular flexibility index (Phi) is 3.94. The fourth-order valence-corrected chi connectivity index (χ4v) is 3.15. The van der Waals surface area contributed by atoms with Crippen LogP contribution >= 0.6 is 11.3 Å². The molecule has 2 aromatic heterocycles. The van der Waals surface area contributed by atoms with Crippen LogP contribution in [0.2, 0.25) is 0 Å².